The fourth-order valence-electron chi connectivity index (χ4n) is 1.92. The number of hydrogen-bond donors (Lipinski definition) is 1. The number of benzene rings is 2. The number of nitrogens with zero attached hydrogens (tertiary/aromatic N) is 2. The normalized spacial score (nSPS) is 10.3. The fourth-order valence-corrected chi connectivity index (χ4v) is 2.59. The van der Waals surface area contributed by atoms with E-state index in [-0.39, 0.29) is 12.4 Å². The van der Waals surface area contributed by atoms with Gasteiger partial charge in [-0.3, -0.25) is 5.43 Å². The minimum absolute atomic E-state index is 0. The van der Waals surface area contributed by atoms with Gasteiger partial charge >= 0.3 is 0 Å². The summed E-state index contributed by atoms with van der Waals surface area (Å²) in [6, 6.07) is 17.8. The molecule has 118 valence electrons. The third-order valence-corrected chi connectivity index (χ3v) is 3.81. The highest BCUT2D eigenvalue weighted by atomic mass is 35.5. The molecule has 0 bridgehead atoms. The molecule has 23 heavy (non-hydrogen) atoms. The van der Waals surface area contributed by atoms with Crippen molar-refractivity contribution in [3.8, 4) is 17.0 Å². The van der Waals surface area contributed by atoms with Gasteiger partial charge in [0.2, 0.25) is 5.13 Å². The SMILES string of the molecule is COc1ccc(C=NNc2nc(-c3ccccc3)cs2)cc1.Cl. The zero-order chi connectivity index (χ0) is 15.2. The van der Waals surface area contributed by atoms with Crippen LogP contribution >= 0.6 is 23.7 Å². The van der Waals surface area contributed by atoms with Crippen molar-refractivity contribution in [3.05, 3.63) is 65.5 Å². The number of thiazole rings is 1. The summed E-state index contributed by atoms with van der Waals surface area (Å²) in [6.45, 7) is 0. The summed E-state index contributed by atoms with van der Waals surface area (Å²) in [4.78, 5) is 4.51. The summed E-state index contributed by atoms with van der Waals surface area (Å²) in [5.41, 5.74) is 6.01. The minimum Gasteiger partial charge on any atom is -0.497 e. The first-order chi connectivity index (χ1) is 10.8. The molecule has 6 heteroatoms. The number of halogens is 1. The maximum Gasteiger partial charge on any atom is 0.203 e. The Morgan fingerprint density at radius 1 is 1.09 bits per heavy atom. The number of ether oxygens (including phenoxy) is 1. The first-order valence-electron chi connectivity index (χ1n) is 6.79. The molecule has 1 heterocycles. The van der Waals surface area contributed by atoms with E-state index in [9.17, 15) is 0 Å². The van der Waals surface area contributed by atoms with E-state index in [1.54, 1.807) is 13.3 Å². The number of hydrazone groups is 1. The average molecular weight is 346 g/mol. The van der Waals surface area contributed by atoms with Crippen LogP contribution in [0.25, 0.3) is 11.3 Å². The maximum absolute atomic E-state index is 5.12. The topological polar surface area (TPSA) is 46.5 Å². The van der Waals surface area contributed by atoms with Crippen molar-refractivity contribution >= 4 is 35.1 Å². The lowest BCUT2D eigenvalue weighted by molar-refractivity contribution is 0.415. The standard InChI is InChI=1S/C17H15N3OS.ClH/c1-21-15-9-7-13(8-10-15)11-18-20-17-19-16(12-22-17)14-5-3-2-4-6-14;/h2-12H,1H3,(H,19,20);1H. The molecule has 0 amide bonds. The van der Waals surface area contributed by atoms with Crippen LogP contribution in [0.4, 0.5) is 5.13 Å². The highest BCUT2D eigenvalue weighted by molar-refractivity contribution is 7.14. The van der Waals surface area contributed by atoms with Gasteiger partial charge < -0.3 is 4.74 Å². The number of rotatable bonds is 5. The van der Waals surface area contributed by atoms with Crippen LogP contribution in [0.3, 0.4) is 0 Å². The molecule has 0 fully saturated rings. The van der Waals surface area contributed by atoms with Gasteiger partial charge in [0.25, 0.3) is 0 Å². The molecule has 3 rings (SSSR count). The molecule has 0 aliphatic heterocycles. The second kappa shape index (κ2) is 8.31. The minimum atomic E-state index is 0. The Morgan fingerprint density at radius 3 is 2.52 bits per heavy atom. The number of hydrogen-bond acceptors (Lipinski definition) is 5. The zero-order valence-electron chi connectivity index (χ0n) is 12.5. The Hall–Kier alpha value is -2.37. The van der Waals surface area contributed by atoms with Crippen LogP contribution in [-0.4, -0.2) is 18.3 Å². The van der Waals surface area contributed by atoms with Gasteiger partial charge in [-0.1, -0.05) is 30.3 Å². The molecule has 1 aromatic heterocycles. The van der Waals surface area contributed by atoms with Crippen LogP contribution in [0.1, 0.15) is 5.56 Å². The van der Waals surface area contributed by atoms with Crippen LogP contribution in [-0.2, 0) is 0 Å². The van der Waals surface area contributed by atoms with Crippen molar-refractivity contribution in [3.63, 3.8) is 0 Å². The lowest BCUT2D eigenvalue weighted by atomic mass is 10.2. The number of methoxy groups -OCH3 is 1. The van der Waals surface area contributed by atoms with Crippen LogP contribution < -0.4 is 10.2 Å². The molecular weight excluding hydrogens is 330 g/mol. The second-order valence-corrected chi connectivity index (χ2v) is 5.41. The first-order valence-corrected chi connectivity index (χ1v) is 7.67. The van der Waals surface area contributed by atoms with Crippen molar-refractivity contribution in [2.75, 3.05) is 12.5 Å². The quantitative estimate of drug-likeness (QED) is 0.539. The van der Waals surface area contributed by atoms with Crippen LogP contribution in [0.5, 0.6) is 5.75 Å². The van der Waals surface area contributed by atoms with E-state index in [0.29, 0.717) is 0 Å². The molecule has 4 nitrogen and oxygen atoms in total. The maximum atomic E-state index is 5.12. The van der Waals surface area contributed by atoms with E-state index in [1.165, 1.54) is 11.3 Å². The van der Waals surface area contributed by atoms with Crippen molar-refractivity contribution in [1.82, 2.24) is 4.98 Å². The number of anilines is 1. The van der Waals surface area contributed by atoms with Gasteiger partial charge in [-0.05, 0) is 29.8 Å². The molecule has 0 aliphatic rings. The van der Waals surface area contributed by atoms with Gasteiger partial charge in [0.1, 0.15) is 5.75 Å². The highest BCUT2D eigenvalue weighted by Gasteiger charge is 2.02. The van der Waals surface area contributed by atoms with E-state index in [0.717, 1.165) is 27.7 Å². The third kappa shape index (κ3) is 4.55. The molecule has 0 saturated carbocycles. The van der Waals surface area contributed by atoms with E-state index >= 15 is 0 Å². The van der Waals surface area contributed by atoms with Crippen LogP contribution in [0.15, 0.2) is 65.1 Å². The fraction of sp³-hybridized carbons (Fsp3) is 0.0588. The Morgan fingerprint density at radius 2 is 1.83 bits per heavy atom. The van der Waals surface area contributed by atoms with E-state index in [4.69, 9.17) is 4.74 Å². The van der Waals surface area contributed by atoms with Gasteiger partial charge in [0.15, 0.2) is 0 Å². The Balaban J connectivity index is 0.00000192. The lowest BCUT2D eigenvalue weighted by Gasteiger charge is -1.99. The smallest absolute Gasteiger partial charge is 0.203 e. The van der Waals surface area contributed by atoms with Gasteiger partial charge in [-0.25, -0.2) is 4.98 Å². The van der Waals surface area contributed by atoms with Gasteiger partial charge in [0, 0.05) is 10.9 Å². The number of nitrogens with one attached hydrogen (secondary N) is 1. The Kier molecular flexibility index (Phi) is 6.14. The van der Waals surface area contributed by atoms with Gasteiger partial charge in [0.05, 0.1) is 19.0 Å². The second-order valence-electron chi connectivity index (χ2n) is 4.55. The van der Waals surface area contributed by atoms with E-state index in [1.807, 2.05) is 60.0 Å². The molecular formula is C17H16ClN3OS. The third-order valence-electron chi connectivity index (χ3n) is 3.06. The molecule has 0 radical (unpaired) electrons. The summed E-state index contributed by atoms with van der Waals surface area (Å²) in [6.07, 6.45) is 1.75. The molecule has 0 unspecified atom stereocenters. The molecule has 0 spiro atoms. The zero-order valence-corrected chi connectivity index (χ0v) is 14.1. The van der Waals surface area contributed by atoms with Gasteiger partial charge in [-0.2, -0.15) is 5.10 Å². The summed E-state index contributed by atoms with van der Waals surface area (Å²) in [7, 11) is 1.65. The van der Waals surface area contributed by atoms with Gasteiger partial charge in [-0.15, -0.1) is 23.7 Å². The predicted octanol–water partition coefficient (Wildman–Crippen LogP) is 4.69. The predicted molar refractivity (Wildman–Crippen MR) is 99.0 cm³/mol. The molecule has 2 aromatic carbocycles. The van der Waals surface area contributed by atoms with Crippen molar-refractivity contribution in [2.24, 2.45) is 5.10 Å². The first kappa shape index (κ1) is 17.0. The largest absolute Gasteiger partial charge is 0.497 e. The summed E-state index contributed by atoms with van der Waals surface area (Å²) < 4.78 is 5.12. The van der Waals surface area contributed by atoms with Crippen molar-refractivity contribution < 1.29 is 4.74 Å². The summed E-state index contributed by atoms with van der Waals surface area (Å²) in [5.74, 6) is 0.831. The van der Waals surface area contributed by atoms with Crippen LogP contribution in [0.2, 0.25) is 0 Å². The van der Waals surface area contributed by atoms with Crippen molar-refractivity contribution in [2.45, 2.75) is 0 Å². The summed E-state index contributed by atoms with van der Waals surface area (Å²) >= 11 is 1.53. The lowest BCUT2D eigenvalue weighted by Crippen LogP contribution is -1.90. The Bertz CT molecular complexity index is 757. The van der Waals surface area contributed by atoms with Crippen LogP contribution in [0, 0.1) is 0 Å². The molecule has 1 N–H and O–H groups in total. The monoisotopic (exact) mass is 345 g/mol. The molecule has 0 aliphatic carbocycles. The summed E-state index contributed by atoms with van der Waals surface area (Å²) in [5, 5.41) is 6.99. The molecule has 3 aromatic rings. The Labute approximate surface area is 145 Å². The number of aromatic nitrogens is 1. The van der Waals surface area contributed by atoms with Crippen molar-refractivity contribution in [1.29, 1.82) is 0 Å². The van der Waals surface area contributed by atoms with E-state index in [2.05, 4.69) is 15.5 Å². The highest BCUT2D eigenvalue weighted by Crippen LogP contribution is 2.24. The molecule has 0 atom stereocenters. The van der Waals surface area contributed by atoms with E-state index < -0.39 is 0 Å². The molecule has 0 saturated heterocycles. The average Bonchev–Trinajstić information content (AvgIpc) is 3.05.